The summed E-state index contributed by atoms with van der Waals surface area (Å²) in [5.74, 6) is 1.33. The summed E-state index contributed by atoms with van der Waals surface area (Å²) in [5.41, 5.74) is 0.364. The normalized spacial score (nSPS) is 19.9. The van der Waals surface area contributed by atoms with Crippen molar-refractivity contribution in [2.45, 2.75) is 38.4 Å². The molecule has 5 heterocycles. The summed E-state index contributed by atoms with van der Waals surface area (Å²) in [6, 6.07) is 8.53. The molecule has 2 aliphatic rings. The molecule has 2 fully saturated rings. The number of hydrogen-bond donors (Lipinski definition) is 0. The third kappa shape index (κ3) is 4.89. The van der Waals surface area contributed by atoms with E-state index in [-0.39, 0.29) is 17.4 Å². The van der Waals surface area contributed by atoms with Crippen molar-refractivity contribution < 1.29 is 17.9 Å². The van der Waals surface area contributed by atoms with Gasteiger partial charge in [-0.2, -0.15) is 13.2 Å². The third-order valence-corrected chi connectivity index (χ3v) is 7.94. The average Bonchev–Trinajstić information content (AvgIpc) is 3.43. The molecule has 3 aromatic heterocycles. The highest BCUT2D eigenvalue weighted by atomic mass is 19.4. The molecule has 1 unspecified atom stereocenters. The topological polar surface area (TPSA) is 69.6 Å². The van der Waals surface area contributed by atoms with Gasteiger partial charge in [0.15, 0.2) is 0 Å². The monoisotopic (exact) mass is 540 g/mol. The number of pyridine rings is 1. The summed E-state index contributed by atoms with van der Waals surface area (Å²) < 4.78 is 52.4. The molecule has 11 heteroatoms. The van der Waals surface area contributed by atoms with Gasteiger partial charge in [-0.05, 0) is 54.6 Å². The van der Waals surface area contributed by atoms with Crippen LogP contribution >= 0.6 is 0 Å². The fraction of sp³-hybridized carbons (Fsp3) is 0.464. The van der Waals surface area contributed by atoms with Gasteiger partial charge in [0.05, 0.1) is 35.9 Å². The minimum atomic E-state index is -4.60. The highest BCUT2D eigenvalue weighted by Crippen LogP contribution is 2.36. The van der Waals surface area contributed by atoms with Gasteiger partial charge in [-0.15, -0.1) is 10.2 Å². The van der Waals surface area contributed by atoms with Crippen LogP contribution in [0.5, 0.6) is 0 Å². The maximum Gasteiger partial charge on any atom is 0.418 e. The van der Waals surface area contributed by atoms with Crippen molar-refractivity contribution in [2.75, 3.05) is 26.3 Å². The van der Waals surface area contributed by atoms with E-state index < -0.39 is 17.4 Å². The van der Waals surface area contributed by atoms with E-state index in [1.807, 2.05) is 29.8 Å². The zero-order valence-corrected chi connectivity index (χ0v) is 21.9. The van der Waals surface area contributed by atoms with E-state index in [9.17, 15) is 18.0 Å². The van der Waals surface area contributed by atoms with E-state index >= 15 is 0 Å². The maximum absolute atomic E-state index is 14.2. The SMILES string of the molecule is C[C@H]1CCCN(Cc2cc(C(F)(F)F)c3cn(-c4cccc(C(c5nncn5C)C5COC5)c4)c(=O)n3c2)C1. The lowest BCUT2D eigenvalue weighted by molar-refractivity contribution is -0.136. The van der Waals surface area contributed by atoms with E-state index in [1.54, 1.807) is 18.6 Å². The van der Waals surface area contributed by atoms with Crippen LogP contribution in [0.2, 0.25) is 0 Å². The number of nitrogens with zero attached hydrogens (tertiary/aromatic N) is 6. The molecule has 206 valence electrons. The van der Waals surface area contributed by atoms with Crippen molar-refractivity contribution in [2.24, 2.45) is 18.9 Å². The first-order valence-corrected chi connectivity index (χ1v) is 13.3. The summed E-state index contributed by atoms with van der Waals surface area (Å²) in [4.78, 5) is 15.7. The van der Waals surface area contributed by atoms with Crippen LogP contribution in [0.4, 0.5) is 13.2 Å². The number of aromatic nitrogens is 5. The molecule has 1 aromatic carbocycles. The standard InChI is InChI=1S/C28H31F3N6O2/c1-18-5-4-8-35(11-18)12-19-9-23(28(29,30)31)24-14-36(27(38)37(24)13-19)22-7-3-6-20(10-22)25(21-15-39-16-21)26-33-32-17-34(26)2/h3,6-7,9-10,13-14,17-18,21,25H,4-5,8,11-12,15-16H2,1-2H3/t18-,25?/m0/s1. The molecule has 4 aromatic rings. The van der Waals surface area contributed by atoms with Crippen LogP contribution in [0.25, 0.3) is 11.2 Å². The fourth-order valence-corrected chi connectivity index (χ4v) is 5.95. The Morgan fingerprint density at radius 3 is 2.67 bits per heavy atom. The van der Waals surface area contributed by atoms with E-state index in [1.165, 1.54) is 16.8 Å². The molecule has 2 aliphatic heterocycles. The van der Waals surface area contributed by atoms with E-state index in [0.29, 0.717) is 36.9 Å². The first-order valence-electron chi connectivity index (χ1n) is 13.3. The Balaban J connectivity index is 1.42. The second-order valence-corrected chi connectivity index (χ2v) is 10.9. The number of imidazole rings is 1. The first-order chi connectivity index (χ1) is 18.7. The lowest BCUT2D eigenvalue weighted by atomic mass is 9.84. The predicted octanol–water partition coefficient (Wildman–Crippen LogP) is 4.25. The fourth-order valence-electron chi connectivity index (χ4n) is 5.95. The minimum absolute atomic E-state index is 0.122. The van der Waals surface area contributed by atoms with Gasteiger partial charge in [0.1, 0.15) is 12.2 Å². The Morgan fingerprint density at radius 1 is 1.18 bits per heavy atom. The summed E-state index contributed by atoms with van der Waals surface area (Å²) >= 11 is 0. The number of aryl methyl sites for hydroxylation is 1. The van der Waals surface area contributed by atoms with E-state index in [4.69, 9.17) is 4.74 Å². The highest BCUT2D eigenvalue weighted by molar-refractivity contribution is 5.58. The number of hydrogen-bond acceptors (Lipinski definition) is 5. The van der Waals surface area contributed by atoms with Crippen molar-refractivity contribution in [3.8, 4) is 5.69 Å². The molecular formula is C28H31F3N6O2. The van der Waals surface area contributed by atoms with Crippen LogP contribution in [0.3, 0.4) is 0 Å². The summed E-state index contributed by atoms with van der Waals surface area (Å²) in [6.45, 7) is 5.35. The van der Waals surface area contributed by atoms with Gasteiger partial charge < -0.3 is 9.30 Å². The Morgan fingerprint density at radius 2 is 2.00 bits per heavy atom. The summed E-state index contributed by atoms with van der Waals surface area (Å²) in [6.07, 6.45) is 2.02. The number of piperidine rings is 1. The van der Waals surface area contributed by atoms with Gasteiger partial charge in [0, 0.05) is 38.4 Å². The highest BCUT2D eigenvalue weighted by Gasteiger charge is 2.36. The molecular weight excluding hydrogens is 509 g/mol. The number of likely N-dealkylation sites (tertiary alicyclic amines) is 1. The zero-order valence-electron chi connectivity index (χ0n) is 21.9. The van der Waals surface area contributed by atoms with E-state index in [0.717, 1.165) is 41.7 Å². The first kappa shape index (κ1) is 25.8. The largest absolute Gasteiger partial charge is 0.418 e. The Hall–Kier alpha value is -3.44. The van der Waals surface area contributed by atoms with Gasteiger partial charge >= 0.3 is 11.9 Å². The zero-order chi connectivity index (χ0) is 27.3. The molecule has 2 saturated heterocycles. The molecule has 0 N–H and O–H groups in total. The van der Waals surface area contributed by atoms with Crippen molar-refractivity contribution in [1.29, 1.82) is 0 Å². The third-order valence-electron chi connectivity index (χ3n) is 7.94. The van der Waals surface area contributed by atoms with Crippen LogP contribution in [0.1, 0.15) is 48.2 Å². The summed E-state index contributed by atoms with van der Waals surface area (Å²) in [5, 5.41) is 8.33. The van der Waals surface area contributed by atoms with Crippen molar-refractivity contribution in [3.05, 3.63) is 82.1 Å². The summed E-state index contributed by atoms with van der Waals surface area (Å²) in [7, 11) is 1.87. The molecule has 0 radical (unpaired) electrons. The Bertz CT molecular complexity index is 1550. The van der Waals surface area contributed by atoms with Gasteiger partial charge in [0.25, 0.3) is 0 Å². The molecule has 0 aliphatic carbocycles. The van der Waals surface area contributed by atoms with Crippen LogP contribution in [0.15, 0.2) is 53.8 Å². The molecule has 8 nitrogen and oxygen atoms in total. The van der Waals surface area contributed by atoms with Gasteiger partial charge in [-0.1, -0.05) is 19.1 Å². The Labute approximate surface area is 223 Å². The molecule has 2 atom stereocenters. The van der Waals surface area contributed by atoms with Crippen LogP contribution in [-0.4, -0.2) is 54.9 Å². The Kier molecular flexibility index (Phi) is 6.58. The van der Waals surface area contributed by atoms with Crippen molar-refractivity contribution >= 4 is 5.52 Å². The molecule has 0 spiro atoms. The second-order valence-electron chi connectivity index (χ2n) is 10.9. The van der Waals surface area contributed by atoms with Gasteiger partial charge in [-0.3, -0.25) is 13.9 Å². The number of alkyl halides is 3. The van der Waals surface area contributed by atoms with Crippen LogP contribution < -0.4 is 5.69 Å². The quantitative estimate of drug-likeness (QED) is 0.366. The minimum Gasteiger partial charge on any atom is -0.381 e. The number of halogens is 3. The lowest BCUT2D eigenvalue weighted by Gasteiger charge is -2.33. The average molecular weight is 541 g/mol. The van der Waals surface area contributed by atoms with E-state index in [2.05, 4.69) is 22.0 Å². The molecule has 0 saturated carbocycles. The lowest BCUT2D eigenvalue weighted by Crippen LogP contribution is -2.35. The number of benzene rings is 1. The predicted molar refractivity (Wildman–Crippen MR) is 139 cm³/mol. The van der Waals surface area contributed by atoms with Crippen molar-refractivity contribution in [3.63, 3.8) is 0 Å². The number of fused-ring (bicyclic) bond motifs is 1. The number of ether oxygens (including phenoxy) is 1. The van der Waals surface area contributed by atoms with Crippen molar-refractivity contribution in [1.82, 2.24) is 28.6 Å². The van der Waals surface area contributed by atoms with Crippen LogP contribution in [-0.2, 0) is 24.5 Å². The number of rotatable bonds is 6. The molecule has 0 bridgehead atoms. The smallest absolute Gasteiger partial charge is 0.381 e. The van der Waals surface area contributed by atoms with Crippen LogP contribution in [0, 0.1) is 11.8 Å². The second kappa shape index (κ2) is 9.95. The molecule has 6 rings (SSSR count). The van der Waals surface area contributed by atoms with Gasteiger partial charge in [0.2, 0.25) is 0 Å². The molecule has 39 heavy (non-hydrogen) atoms. The maximum atomic E-state index is 14.2. The van der Waals surface area contributed by atoms with Gasteiger partial charge in [-0.25, -0.2) is 4.79 Å². The molecule has 0 amide bonds.